The highest BCUT2D eigenvalue weighted by Gasteiger charge is 2.37. The zero-order valence-electron chi connectivity index (χ0n) is 10.6. The Hall–Kier alpha value is -1.89. The first-order valence-electron chi connectivity index (χ1n) is 6.55. The summed E-state index contributed by atoms with van der Waals surface area (Å²) in [5, 5.41) is 10.9. The number of nitrogens with two attached hydrogens (primary N) is 1. The van der Waals surface area contributed by atoms with E-state index in [4.69, 9.17) is 5.84 Å². The number of nitro groups is 1. The molecule has 1 aromatic rings. The van der Waals surface area contributed by atoms with Gasteiger partial charge in [-0.3, -0.25) is 10.1 Å². The van der Waals surface area contributed by atoms with Gasteiger partial charge in [-0.1, -0.05) is 6.42 Å². The van der Waals surface area contributed by atoms with Gasteiger partial charge in [-0.05, 0) is 24.7 Å². The highest BCUT2D eigenvalue weighted by Crippen LogP contribution is 2.39. The van der Waals surface area contributed by atoms with Gasteiger partial charge in [0, 0.05) is 13.1 Å². The standard InChI is InChI=1S/C12H17N5O2/c13-15-11-4-10(17(18)19)5-12(14-11)16-6-8-2-1-3-9(8)7-16/h4-5,8-9H,1-3,6-7,13H2,(H,14,15). The van der Waals surface area contributed by atoms with Crippen LogP contribution in [0.4, 0.5) is 17.3 Å². The number of hydrogen-bond acceptors (Lipinski definition) is 6. The van der Waals surface area contributed by atoms with E-state index in [1.807, 2.05) is 0 Å². The van der Waals surface area contributed by atoms with Gasteiger partial charge in [-0.25, -0.2) is 10.8 Å². The fraction of sp³-hybridized carbons (Fsp3) is 0.583. The maximum atomic E-state index is 10.9. The molecule has 0 bridgehead atoms. The zero-order valence-corrected chi connectivity index (χ0v) is 10.6. The van der Waals surface area contributed by atoms with Gasteiger partial charge < -0.3 is 10.3 Å². The molecule has 7 nitrogen and oxygen atoms in total. The van der Waals surface area contributed by atoms with Crippen molar-refractivity contribution < 1.29 is 4.92 Å². The van der Waals surface area contributed by atoms with E-state index in [1.54, 1.807) is 0 Å². The summed E-state index contributed by atoms with van der Waals surface area (Å²) in [6.45, 7) is 1.89. The van der Waals surface area contributed by atoms with Crippen molar-refractivity contribution in [1.82, 2.24) is 4.98 Å². The molecular weight excluding hydrogens is 246 g/mol. The molecule has 0 aromatic carbocycles. The number of anilines is 2. The summed E-state index contributed by atoms with van der Waals surface area (Å²) >= 11 is 0. The SMILES string of the molecule is NNc1cc([N+](=O)[O-])cc(N2CC3CCCC3C2)n1. The lowest BCUT2D eigenvalue weighted by Gasteiger charge is -2.18. The van der Waals surface area contributed by atoms with E-state index < -0.39 is 4.92 Å². The summed E-state index contributed by atoms with van der Waals surface area (Å²) in [7, 11) is 0. The van der Waals surface area contributed by atoms with Gasteiger partial charge in [0.05, 0.1) is 17.1 Å². The average Bonchev–Trinajstić information content (AvgIpc) is 2.98. The minimum Gasteiger partial charge on any atom is -0.356 e. The molecule has 1 aromatic heterocycles. The number of aromatic nitrogens is 1. The average molecular weight is 263 g/mol. The van der Waals surface area contributed by atoms with Crippen LogP contribution in [0.3, 0.4) is 0 Å². The van der Waals surface area contributed by atoms with E-state index in [-0.39, 0.29) is 5.69 Å². The Bertz CT molecular complexity index is 495. The van der Waals surface area contributed by atoms with E-state index in [0.717, 1.165) is 24.9 Å². The Balaban J connectivity index is 1.88. The highest BCUT2D eigenvalue weighted by molar-refractivity contribution is 5.56. The van der Waals surface area contributed by atoms with Crippen LogP contribution in [-0.4, -0.2) is 23.0 Å². The third-order valence-electron chi connectivity index (χ3n) is 4.21. The van der Waals surface area contributed by atoms with Gasteiger partial charge in [0.2, 0.25) is 0 Å². The smallest absolute Gasteiger partial charge is 0.276 e. The molecule has 2 aliphatic rings. The molecule has 3 N–H and O–H groups in total. The van der Waals surface area contributed by atoms with E-state index in [2.05, 4.69) is 15.3 Å². The third-order valence-corrected chi connectivity index (χ3v) is 4.21. The largest absolute Gasteiger partial charge is 0.356 e. The second-order valence-electron chi connectivity index (χ2n) is 5.33. The second kappa shape index (κ2) is 4.65. The minimum atomic E-state index is -0.414. The molecule has 1 aliphatic heterocycles. The van der Waals surface area contributed by atoms with Crippen LogP contribution in [0.5, 0.6) is 0 Å². The summed E-state index contributed by atoms with van der Waals surface area (Å²) in [5.41, 5.74) is 2.42. The zero-order chi connectivity index (χ0) is 13.4. The van der Waals surface area contributed by atoms with Crippen LogP contribution in [0.2, 0.25) is 0 Å². The fourth-order valence-corrected chi connectivity index (χ4v) is 3.27. The monoisotopic (exact) mass is 263 g/mol. The highest BCUT2D eigenvalue weighted by atomic mass is 16.6. The Labute approximate surface area is 110 Å². The van der Waals surface area contributed by atoms with E-state index in [0.29, 0.717) is 11.6 Å². The third kappa shape index (κ3) is 2.21. The van der Waals surface area contributed by atoms with Crippen LogP contribution in [0.15, 0.2) is 12.1 Å². The number of nitrogens with one attached hydrogen (secondary N) is 1. The van der Waals surface area contributed by atoms with Crippen molar-refractivity contribution in [3.05, 3.63) is 22.2 Å². The predicted molar refractivity (Wildman–Crippen MR) is 71.7 cm³/mol. The Morgan fingerprint density at radius 1 is 1.37 bits per heavy atom. The molecule has 2 atom stereocenters. The lowest BCUT2D eigenvalue weighted by molar-refractivity contribution is -0.384. The van der Waals surface area contributed by atoms with Gasteiger partial charge in [0.1, 0.15) is 11.6 Å². The molecule has 102 valence electrons. The maximum absolute atomic E-state index is 10.9. The molecule has 1 saturated heterocycles. The predicted octanol–water partition coefficient (Wildman–Crippen LogP) is 1.51. The van der Waals surface area contributed by atoms with Crippen molar-refractivity contribution in [2.24, 2.45) is 17.7 Å². The van der Waals surface area contributed by atoms with Crippen LogP contribution in [0.1, 0.15) is 19.3 Å². The Morgan fingerprint density at radius 2 is 2.05 bits per heavy atom. The summed E-state index contributed by atoms with van der Waals surface area (Å²) in [6.07, 6.45) is 3.83. The number of rotatable bonds is 3. The first-order chi connectivity index (χ1) is 9.17. The molecule has 1 aliphatic carbocycles. The molecule has 0 amide bonds. The minimum absolute atomic E-state index is 0.0232. The summed E-state index contributed by atoms with van der Waals surface area (Å²) in [5.74, 6) is 7.74. The number of nitrogen functional groups attached to an aromatic ring is 1. The van der Waals surface area contributed by atoms with Crippen molar-refractivity contribution in [2.75, 3.05) is 23.4 Å². The van der Waals surface area contributed by atoms with Crippen LogP contribution in [0, 0.1) is 22.0 Å². The lowest BCUT2D eigenvalue weighted by atomic mass is 10.0. The molecule has 2 fully saturated rings. The normalized spacial score (nSPS) is 25.4. The van der Waals surface area contributed by atoms with Crippen molar-refractivity contribution in [3.63, 3.8) is 0 Å². The molecule has 0 radical (unpaired) electrons. The van der Waals surface area contributed by atoms with E-state index >= 15 is 0 Å². The molecule has 1 saturated carbocycles. The van der Waals surface area contributed by atoms with Crippen LogP contribution < -0.4 is 16.2 Å². The van der Waals surface area contributed by atoms with E-state index in [1.165, 1.54) is 31.4 Å². The second-order valence-corrected chi connectivity index (χ2v) is 5.33. The molecule has 19 heavy (non-hydrogen) atoms. The Kier molecular flexibility index (Phi) is 2.98. The number of hydrazine groups is 1. The van der Waals surface area contributed by atoms with Gasteiger partial charge in [0.15, 0.2) is 0 Å². The number of fused-ring (bicyclic) bond motifs is 1. The molecule has 3 rings (SSSR count). The lowest BCUT2D eigenvalue weighted by Crippen LogP contribution is -2.22. The van der Waals surface area contributed by atoms with Crippen molar-refractivity contribution in [2.45, 2.75) is 19.3 Å². The van der Waals surface area contributed by atoms with Gasteiger partial charge in [-0.15, -0.1) is 0 Å². The van der Waals surface area contributed by atoms with Crippen molar-refractivity contribution in [3.8, 4) is 0 Å². The summed E-state index contributed by atoms with van der Waals surface area (Å²) in [4.78, 5) is 17.0. The van der Waals surface area contributed by atoms with Crippen molar-refractivity contribution in [1.29, 1.82) is 0 Å². The van der Waals surface area contributed by atoms with Crippen LogP contribution in [-0.2, 0) is 0 Å². The van der Waals surface area contributed by atoms with Gasteiger partial charge in [-0.2, -0.15) is 0 Å². The van der Waals surface area contributed by atoms with E-state index in [9.17, 15) is 10.1 Å². The van der Waals surface area contributed by atoms with Gasteiger partial charge >= 0.3 is 0 Å². The first kappa shape index (κ1) is 12.2. The van der Waals surface area contributed by atoms with Crippen molar-refractivity contribution >= 4 is 17.3 Å². The fourth-order valence-electron chi connectivity index (χ4n) is 3.27. The summed E-state index contributed by atoms with van der Waals surface area (Å²) in [6, 6.07) is 2.88. The Morgan fingerprint density at radius 3 is 2.63 bits per heavy atom. The van der Waals surface area contributed by atoms with Crippen LogP contribution in [0.25, 0.3) is 0 Å². The van der Waals surface area contributed by atoms with Crippen LogP contribution >= 0.6 is 0 Å². The topological polar surface area (TPSA) is 97.3 Å². The molecule has 2 heterocycles. The first-order valence-corrected chi connectivity index (χ1v) is 6.55. The summed E-state index contributed by atoms with van der Waals surface area (Å²) < 4.78 is 0. The molecule has 2 unspecified atom stereocenters. The maximum Gasteiger partial charge on any atom is 0.276 e. The number of hydrogen-bond donors (Lipinski definition) is 2. The van der Waals surface area contributed by atoms with Gasteiger partial charge in [0.25, 0.3) is 5.69 Å². The molecule has 7 heteroatoms. The quantitative estimate of drug-likeness (QED) is 0.487. The number of nitrogens with zero attached hydrogens (tertiary/aromatic N) is 3. The molecule has 0 spiro atoms. The number of pyridine rings is 1. The molecular formula is C12H17N5O2.